The average Bonchev–Trinajstić information content (AvgIpc) is 3.42. The number of halogens is 3. The van der Waals surface area contributed by atoms with Crippen molar-refractivity contribution in [2.45, 2.75) is 36.5 Å². The van der Waals surface area contributed by atoms with Crippen LogP contribution < -0.4 is 10.0 Å². The molecule has 1 aliphatic rings. The molecule has 2 aromatic rings. The zero-order chi connectivity index (χ0) is 19.7. The summed E-state index contributed by atoms with van der Waals surface area (Å²) < 4.78 is 64.6. The van der Waals surface area contributed by atoms with E-state index in [0.29, 0.717) is 5.56 Å². The lowest BCUT2D eigenvalue weighted by Crippen LogP contribution is -2.27. The lowest BCUT2D eigenvalue weighted by molar-refractivity contribution is -0.137. The SMILES string of the molecule is O=C(NCc1ccc(C(F)(F)F)cc1)c1cccc(S(=O)(=O)NC2CC2)c1. The highest BCUT2D eigenvalue weighted by Gasteiger charge is 2.30. The summed E-state index contributed by atoms with van der Waals surface area (Å²) in [5.74, 6) is -0.515. The minimum absolute atomic E-state index is 0.00317. The molecule has 9 heteroatoms. The molecule has 144 valence electrons. The summed E-state index contributed by atoms with van der Waals surface area (Å²) in [6, 6.07) is 10.0. The highest BCUT2D eigenvalue weighted by atomic mass is 32.2. The van der Waals surface area contributed by atoms with Gasteiger partial charge in [-0.1, -0.05) is 18.2 Å². The molecule has 0 heterocycles. The van der Waals surface area contributed by atoms with E-state index in [1.54, 1.807) is 0 Å². The number of benzene rings is 2. The third kappa shape index (κ3) is 5.08. The van der Waals surface area contributed by atoms with Crippen LogP contribution in [0.5, 0.6) is 0 Å². The molecule has 0 bridgehead atoms. The van der Waals surface area contributed by atoms with Crippen molar-refractivity contribution in [2.75, 3.05) is 0 Å². The Morgan fingerprint density at radius 3 is 2.33 bits per heavy atom. The molecule has 0 atom stereocenters. The minimum Gasteiger partial charge on any atom is -0.348 e. The Balaban J connectivity index is 1.65. The highest BCUT2D eigenvalue weighted by molar-refractivity contribution is 7.89. The smallest absolute Gasteiger partial charge is 0.348 e. The van der Waals surface area contributed by atoms with Gasteiger partial charge in [0.2, 0.25) is 10.0 Å². The Kier molecular flexibility index (Phi) is 5.25. The van der Waals surface area contributed by atoms with E-state index in [4.69, 9.17) is 0 Å². The fourth-order valence-electron chi connectivity index (χ4n) is 2.39. The van der Waals surface area contributed by atoms with Crippen molar-refractivity contribution in [3.8, 4) is 0 Å². The molecule has 5 nitrogen and oxygen atoms in total. The fraction of sp³-hybridized carbons (Fsp3) is 0.278. The second kappa shape index (κ2) is 7.32. The van der Waals surface area contributed by atoms with E-state index >= 15 is 0 Å². The van der Waals surface area contributed by atoms with Crippen LogP contribution in [0.1, 0.15) is 34.3 Å². The van der Waals surface area contributed by atoms with E-state index in [1.807, 2.05) is 0 Å². The van der Waals surface area contributed by atoms with Gasteiger partial charge >= 0.3 is 6.18 Å². The van der Waals surface area contributed by atoms with E-state index in [-0.39, 0.29) is 23.0 Å². The largest absolute Gasteiger partial charge is 0.416 e. The number of hydrogen-bond acceptors (Lipinski definition) is 3. The molecule has 0 radical (unpaired) electrons. The Bertz CT molecular complexity index is 937. The molecule has 3 rings (SSSR count). The topological polar surface area (TPSA) is 75.3 Å². The first kappa shape index (κ1) is 19.4. The third-order valence-electron chi connectivity index (χ3n) is 4.04. The van der Waals surface area contributed by atoms with Crippen LogP contribution in [-0.4, -0.2) is 20.4 Å². The van der Waals surface area contributed by atoms with Crippen molar-refractivity contribution in [3.05, 3.63) is 65.2 Å². The standard InChI is InChI=1S/C18H17F3N2O3S/c19-18(20,21)14-6-4-12(5-7-14)11-22-17(24)13-2-1-3-16(10-13)27(25,26)23-15-8-9-15/h1-7,10,15,23H,8-9,11H2,(H,22,24). The predicted octanol–water partition coefficient (Wildman–Crippen LogP) is 3.08. The van der Waals surface area contributed by atoms with Gasteiger partial charge in [-0.25, -0.2) is 13.1 Å². The maximum Gasteiger partial charge on any atom is 0.416 e. The van der Waals surface area contributed by atoms with Crippen molar-refractivity contribution in [2.24, 2.45) is 0 Å². The quantitative estimate of drug-likeness (QED) is 0.785. The van der Waals surface area contributed by atoms with Crippen LogP contribution in [0.4, 0.5) is 13.2 Å². The molecule has 2 N–H and O–H groups in total. The van der Waals surface area contributed by atoms with Crippen molar-refractivity contribution in [3.63, 3.8) is 0 Å². The maximum absolute atomic E-state index is 12.5. The normalized spacial score (nSPS) is 14.8. The van der Waals surface area contributed by atoms with Gasteiger partial charge in [0.1, 0.15) is 0 Å². The Morgan fingerprint density at radius 1 is 1.07 bits per heavy atom. The van der Waals surface area contributed by atoms with Crippen LogP contribution in [0.3, 0.4) is 0 Å². The number of sulfonamides is 1. The van der Waals surface area contributed by atoms with Crippen LogP contribution in [0.2, 0.25) is 0 Å². The molecular weight excluding hydrogens is 381 g/mol. The Hall–Kier alpha value is -2.39. The average molecular weight is 398 g/mol. The summed E-state index contributed by atoms with van der Waals surface area (Å²) in [5, 5.41) is 2.57. The molecule has 2 aromatic carbocycles. The van der Waals surface area contributed by atoms with Gasteiger partial charge in [0.25, 0.3) is 5.91 Å². The number of hydrogen-bond donors (Lipinski definition) is 2. The number of carbonyl (C=O) groups is 1. The Labute approximate surface area is 154 Å². The number of rotatable bonds is 6. The Morgan fingerprint density at radius 2 is 1.74 bits per heavy atom. The molecule has 0 aromatic heterocycles. The molecule has 27 heavy (non-hydrogen) atoms. The van der Waals surface area contributed by atoms with E-state index in [1.165, 1.54) is 36.4 Å². The van der Waals surface area contributed by atoms with E-state index < -0.39 is 27.7 Å². The second-order valence-corrected chi connectivity index (χ2v) is 8.01. The van der Waals surface area contributed by atoms with Gasteiger partial charge in [0, 0.05) is 18.2 Å². The molecule has 0 unspecified atom stereocenters. The maximum atomic E-state index is 12.5. The molecule has 1 fully saturated rings. The predicted molar refractivity (Wildman–Crippen MR) is 92.4 cm³/mol. The summed E-state index contributed by atoms with van der Waals surface area (Å²) >= 11 is 0. The minimum atomic E-state index is -4.41. The molecule has 0 spiro atoms. The zero-order valence-electron chi connectivity index (χ0n) is 14.1. The van der Waals surface area contributed by atoms with Crippen LogP contribution in [0.15, 0.2) is 53.4 Å². The van der Waals surface area contributed by atoms with E-state index in [2.05, 4.69) is 10.0 Å². The van der Waals surface area contributed by atoms with Crippen molar-refractivity contribution in [1.29, 1.82) is 0 Å². The van der Waals surface area contributed by atoms with E-state index in [0.717, 1.165) is 25.0 Å². The number of nitrogens with one attached hydrogen (secondary N) is 2. The van der Waals surface area contributed by atoms with Gasteiger partial charge < -0.3 is 5.32 Å². The molecule has 0 saturated heterocycles. The lowest BCUT2D eigenvalue weighted by Gasteiger charge is -2.10. The molecule has 1 saturated carbocycles. The number of carbonyl (C=O) groups excluding carboxylic acids is 1. The first-order chi connectivity index (χ1) is 12.6. The van der Waals surface area contributed by atoms with Crippen LogP contribution in [-0.2, 0) is 22.7 Å². The molecule has 1 amide bonds. The highest BCUT2D eigenvalue weighted by Crippen LogP contribution is 2.29. The molecule has 1 aliphatic carbocycles. The van der Waals surface area contributed by atoms with Crippen molar-refractivity contribution >= 4 is 15.9 Å². The van der Waals surface area contributed by atoms with Gasteiger partial charge in [-0.15, -0.1) is 0 Å². The lowest BCUT2D eigenvalue weighted by atomic mass is 10.1. The van der Waals surface area contributed by atoms with Crippen molar-refractivity contribution in [1.82, 2.24) is 10.0 Å². The van der Waals surface area contributed by atoms with Gasteiger partial charge in [-0.2, -0.15) is 13.2 Å². The monoisotopic (exact) mass is 398 g/mol. The van der Waals surface area contributed by atoms with Gasteiger partial charge in [-0.05, 0) is 48.7 Å². The first-order valence-corrected chi connectivity index (χ1v) is 9.70. The third-order valence-corrected chi connectivity index (χ3v) is 5.56. The molecule has 0 aliphatic heterocycles. The zero-order valence-corrected chi connectivity index (χ0v) is 14.9. The van der Waals surface area contributed by atoms with E-state index in [9.17, 15) is 26.4 Å². The number of alkyl halides is 3. The van der Waals surface area contributed by atoms with Crippen LogP contribution in [0.25, 0.3) is 0 Å². The summed E-state index contributed by atoms with van der Waals surface area (Å²) in [4.78, 5) is 12.2. The number of amides is 1. The summed E-state index contributed by atoms with van der Waals surface area (Å²) in [6.45, 7) is 0.0221. The van der Waals surface area contributed by atoms with Gasteiger partial charge in [0.15, 0.2) is 0 Å². The van der Waals surface area contributed by atoms with Gasteiger partial charge in [-0.3, -0.25) is 4.79 Å². The molecular formula is C18H17F3N2O3S. The van der Waals surface area contributed by atoms with Gasteiger partial charge in [0.05, 0.1) is 10.5 Å². The summed E-state index contributed by atoms with van der Waals surface area (Å²) in [5.41, 5.74) is -0.116. The second-order valence-electron chi connectivity index (χ2n) is 6.30. The first-order valence-electron chi connectivity index (χ1n) is 8.22. The van der Waals surface area contributed by atoms with Crippen LogP contribution in [0, 0.1) is 0 Å². The fourth-order valence-corrected chi connectivity index (χ4v) is 3.74. The summed E-state index contributed by atoms with van der Waals surface area (Å²) in [7, 11) is -3.68. The van der Waals surface area contributed by atoms with Crippen LogP contribution >= 0.6 is 0 Å². The summed E-state index contributed by atoms with van der Waals surface area (Å²) in [6.07, 6.45) is -2.82. The van der Waals surface area contributed by atoms with Crippen molar-refractivity contribution < 1.29 is 26.4 Å².